The number of amides is 1. The fraction of sp³-hybridized carbons (Fsp3) is 0.895. The van der Waals surface area contributed by atoms with Gasteiger partial charge in [-0.25, -0.2) is 4.99 Å². The van der Waals surface area contributed by atoms with Crippen LogP contribution in [0.4, 0.5) is 0 Å². The van der Waals surface area contributed by atoms with E-state index in [1.54, 1.807) is 19.0 Å². The monoisotopic (exact) mass is 481 g/mol. The third-order valence-electron chi connectivity index (χ3n) is 4.84. The van der Waals surface area contributed by atoms with Gasteiger partial charge in [-0.1, -0.05) is 20.8 Å². The molecule has 0 radical (unpaired) electrons. The van der Waals surface area contributed by atoms with E-state index in [9.17, 15) is 4.79 Å². The van der Waals surface area contributed by atoms with Crippen LogP contribution in [0, 0.1) is 5.92 Å². The standard InChI is InChI=1S/C19H39N5O.HI/c1-7-24-12-8-9-17(24)13-20-19(21-14-18(25)23(5)6)22-16(4)11-10-15(2)3;/h15-17H,7-14H2,1-6H3,(H2,20,21,22);1H. The first-order valence-corrected chi connectivity index (χ1v) is 9.82. The van der Waals surface area contributed by atoms with Crippen LogP contribution >= 0.6 is 24.0 Å². The van der Waals surface area contributed by atoms with Crippen LogP contribution in [-0.4, -0.2) is 74.0 Å². The molecule has 0 bridgehead atoms. The maximum absolute atomic E-state index is 11.9. The first-order valence-electron chi connectivity index (χ1n) is 9.82. The summed E-state index contributed by atoms with van der Waals surface area (Å²) < 4.78 is 0. The second-order valence-corrected chi connectivity index (χ2v) is 7.78. The average Bonchev–Trinajstić information content (AvgIpc) is 3.02. The smallest absolute Gasteiger partial charge is 0.243 e. The molecular weight excluding hydrogens is 441 g/mol. The molecule has 0 aromatic rings. The van der Waals surface area contributed by atoms with E-state index in [2.05, 4.69) is 48.2 Å². The van der Waals surface area contributed by atoms with Gasteiger partial charge >= 0.3 is 0 Å². The molecule has 2 N–H and O–H groups in total. The quantitative estimate of drug-likeness (QED) is 0.302. The van der Waals surface area contributed by atoms with Gasteiger partial charge in [0.05, 0.1) is 0 Å². The van der Waals surface area contributed by atoms with Gasteiger partial charge in [0.2, 0.25) is 5.91 Å². The molecule has 154 valence electrons. The normalized spacial score (nSPS) is 19.2. The summed E-state index contributed by atoms with van der Waals surface area (Å²) in [6.07, 6.45) is 4.78. The molecule has 2 unspecified atom stereocenters. The molecule has 7 heteroatoms. The molecule has 1 heterocycles. The molecule has 1 aliphatic rings. The Morgan fingerprint density at radius 1 is 1.27 bits per heavy atom. The van der Waals surface area contributed by atoms with Gasteiger partial charge in [-0.15, -0.1) is 24.0 Å². The lowest BCUT2D eigenvalue weighted by Gasteiger charge is -2.25. The second kappa shape index (κ2) is 13.6. The lowest BCUT2D eigenvalue weighted by Crippen LogP contribution is -2.47. The van der Waals surface area contributed by atoms with E-state index in [1.165, 1.54) is 25.8 Å². The van der Waals surface area contributed by atoms with Crippen molar-refractivity contribution in [3.63, 3.8) is 0 Å². The number of hydrogen-bond donors (Lipinski definition) is 2. The van der Waals surface area contributed by atoms with Crippen molar-refractivity contribution in [3.8, 4) is 0 Å². The third-order valence-corrected chi connectivity index (χ3v) is 4.84. The summed E-state index contributed by atoms with van der Waals surface area (Å²) in [5, 5.41) is 6.94. The van der Waals surface area contributed by atoms with Crippen molar-refractivity contribution in [1.29, 1.82) is 0 Å². The number of nitrogens with zero attached hydrogens (tertiary/aromatic N) is 3. The van der Waals surface area contributed by atoms with Crippen LogP contribution < -0.4 is 10.6 Å². The summed E-state index contributed by atoms with van der Waals surface area (Å²) in [6.45, 7) is 12.2. The SMILES string of the molecule is CCN1CCCC1CNC(=NCC(=O)N(C)C)NC(C)CCC(C)C.I. The van der Waals surface area contributed by atoms with Gasteiger partial charge in [-0.05, 0) is 51.6 Å². The lowest BCUT2D eigenvalue weighted by molar-refractivity contribution is -0.127. The molecule has 1 fully saturated rings. The van der Waals surface area contributed by atoms with Crippen molar-refractivity contribution in [2.45, 2.75) is 65.5 Å². The number of likely N-dealkylation sites (tertiary alicyclic amines) is 1. The highest BCUT2D eigenvalue weighted by atomic mass is 127. The minimum absolute atomic E-state index is 0. The van der Waals surface area contributed by atoms with Crippen molar-refractivity contribution < 1.29 is 4.79 Å². The van der Waals surface area contributed by atoms with Gasteiger partial charge in [0.1, 0.15) is 6.54 Å². The van der Waals surface area contributed by atoms with Gasteiger partial charge in [-0.2, -0.15) is 0 Å². The minimum Gasteiger partial charge on any atom is -0.355 e. The van der Waals surface area contributed by atoms with E-state index in [0.717, 1.165) is 25.5 Å². The number of likely N-dealkylation sites (N-methyl/N-ethyl adjacent to an activating group) is 2. The highest BCUT2D eigenvalue weighted by molar-refractivity contribution is 14.0. The number of aliphatic imine (C=N–C) groups is 1. The molecule has 26 heavy (non-hydrogen) atoms. The van der Waals surface area contributed by atoms with Crippen LogP contribution in [0.25, 0.3) is 0 Å². The molecule has 1 amide bonds. The minimum atomic E-state index is 0. The molecule has 0 spiro atoms. The van der Waals surface area contributed by atoms with Crippen LogP contribution in [0.1, 0.15) is 53.4 Å². The zero-order valence-corrected chi connectivity index (χ0v) is 19.9. The highest BCUT2D eigenvalue weighted by Crippen LogP contribution is 2.15. The average molecular weight is 481 g/mol. The van der Waals surface area contributed by atoms with Crippen LogP contribution in [-0.2, 0) is 4.79 Å². The number of rotatable bonds is 9. The van der Waals surface area contributed by atoms with Crippen LogP contribution in [0.5, 0.6) is 0 Å². The fourth-order valence-corrected chi connectivity index (χ4v) is 3.09. The first kappa shape index (κ1) is 25.4. The van der Waals surface area contributed by atoms with E-state index in [1.807, 2.05) is 0 Å². The largest absolute Gasteiger partial charge is 0.355 e. The number of guanidine groups is 1. The zero-order valence-electron chi connectivity index (χ0n) is 17.5. The van der Waals surface area contributed by atoms with E-state index in [0.29, 0.717) is 18.0 Å². The maximum Gasteiger partial charge on any atom is 0.243 e. The van der Waals surface area contributed by atoms with Gasteiger partial charge in [-0.3, -0.25) is 9.69 Å². The topological polar surface area (TPSA) is 60.0 Å². The molecule has 1 saturated heterocycles. The Kier molecular flexibility index (Phi) is 13.3. The summed E-state index contributed by atoms with van der Waals surface area (Å²) in [6, 6.07) is 0.904. The molecule has 1 aliphatic heterocycles. The van der Waals surface area contributed by atoms with Crippen molar-refractivity contribution in [2.75, 3.05) is 40.3 Å². The van der Waals surface area contributed by atoms with Crippen molar-refractivity contribution in [3.05, 3.63) is 0 Å². The number of carbonyl (C=O) groups is 1. The number of halogens is 1. The molecule has 6 nitrogen and oxygen atoms in total. The predicted molar refractivity (Wildman–Crippen MR) is 121 cm³/mol. The Morgan fingerprint density at radius 3 is 2.54 bits per heavy atom. The van der Waals surface area contributed by atoms with Gasteiger partial charge in [0.15, 0.2) is 5.96 Å². The van der Waals surface area contributed by atoms with Crippen molar-refractivity contribution >= 4 is 35.8 Å². The second-order valence-electron chi connectivity index (χ2n) is 7.78. The maximum atomic E-state index is 11.9. The molecule has 2 atom stereocenters. The number of carbonyl (C=O) groups excluding carboxylic acids is 1. The zero-order chi connectivity index (χ0) is 18.8. The molecule has 0 saturated carbocycles. The first-order chi connectivity index (χ1) is 11.8. The Bertz CT molecular complexity index is 428. The lowest BCUT2D eigenvalue weighted by atomic mass is 10.0. The van der Waals surface area contributed by atoms with Crippen LogP contribution in [0.2, 0.25) is 0 Å². The molecule has 0 aromatic heterocycles. The summed E-state index contributed by atoms with van der Waals surface area (Å²) >= 11 is 0. The Labute approximate surface area is 177 Å². The van der Waals surface area contributed by atoms with Gasteiger partial charge < -0.3 is 15.5 Å². The predicted octanol–water partition coefficient (Wildman–Crippen LogP) is 2.54. The number of nitrogens with one attached hydrogen (secondary N) is 2. The van der Waals surface area contributed by atoms with E-state index >= 15 is 0 Å². The fourth-order valence-electron chi connectivity index (χ4n) is 3.09. The van der Waals surface area contributed by atoms with E-state index < -0.39 is 0 Å². The Hall–Kier alpha value is -0.570. The third kappa shape index (κ3) is 9.94. The van der Waals surface area contributed by atoms with Crippen molar-refractivity contribution in [2.24, 2.45) is 10.9 Å². The van der Waals surface area contributed by atoms with E-state index in [-0.39, 0.29) is 36.4 Å². The molecule has 1 rings (SSSR count). The van der Waals surface area contributed by atoms with E-state index in [4.69, 9.17) is 0 Å². The number of hydrogen-bond acceptors (Lipinski definition) is 3. The van der Waals surface area contributed by atoms with Gasteiger partial charge in [0.25, 0.3) is 0 Å². The molecule has 0 aromatic carbocycles. The van der Waals surface area contributed by atoms with Gasteiger partial charge in [0, 0.05) is 32.7 Å². The summed E-state index contributed by atoms with van der Waals surface area (Å²) in [7, 11) is 3.53. The van der Waals surface area contributed by atoms with Crippen molar-refractivity contribution in [1.82, 2.24) is 20.4 Å². The summed E-state index contributed by atoms with van der Waals surface area (Å²) in [5.41, 5.74) is 0. The van der Waals surface area contributed by atoms with Crippen LogP contribution in [0.3, 0.4) is 0 Å². The Balaban J connectivity index is 0.00000625. The summed E-state index contributed by atoms with van der Waals surface area (Å²) in [5.74, 6) is 1.48. The molecule has 0 aliphatic carbocycles. The molecular formula is C19H40IN5O. The summed E-state index contributed by atoms with van der Waals surface area (Å²) in [4.78, 5) is 20.5. The highest BCUT2D eigenvalue weighted by Gasteiger charge is 2.23. The Morgan fingerprint density at radius 2 is 1.96 bits per heavy atom. The van der Waals surface area contributed by atoms with Crippen LogP contribution in [0.15, 0.2) is 4.99 Å².